The molecule has 2 amide bonds. The highest BCUT2D eigenvalue weighted by Gasteiger charge is 2.24. The number of nitrogens with zero attached hydrogens (tertiary/aromatic N) is 3. The monoisotopic (exact) mass is 285 g/mol. The van der Waals surface area contributed by atoms with Gasteiger partial charge in [-0.15, -0.1) is 0 Å². The van der Waals surface area contributed by atoms with E-state index in [0.717, 1.165) is 6.54 Å². The van der Waals surface area contributed by atoms with Crippen molar-refractivity contribution in [2.24, 2.45) is 0 Å². The first kappa shape index (κ1) is 16.9. The van der Waals surface area contributed by atoms with Crippen LogP contribution in [-0.2, 0) is 9.59 Å². The van der Waals surface area contributed by atoms with Crippen molar-refractivity contribution in [1.82, 2.24) is 14.7 Å². The summed E-state index contributed by atoms with van der Waals surface area (Å²) in [5.41, 5.74) is 0. The molecule has 0 atom stereocenters. The number of carbonyl (C=O) groups is 2. The Bertz CT molecular complexity index is 326. The Labute approximate surface area is 121 Å². The SMILES string of the molecule is CC(=O)N1CCN(C(=O)CN(CCCO)C(C)C)CC1. The zero-order valence-electron chi connectivity index (χ0n) is 12.8. The third-order valence-corrected chi connectivity index (χ3v) is 3.75. The van der Waals surface area contributed by atoms with E-state index in [1.165, 1.54) is 0 Å². The van der Waals surface area contributed by atoms with Gasteiger partial charge in [-0.1, -0.05) is 0 Å². The predicted octanol–water partition coefficient (Wildman–Crippen LogP) is -0.230. The van der Waals surface area contributed by atoms with E-state index >= 15 is 0 Å². The number of carbonyl (C=O) groups excluding carboxylic acids is 2. The second kappa shape index (κ2) is 8.21. The first-order chi connectivity index (χ1) is 9.45. The zero-order chi connectivity index (χ0) is 15.1. The first-order valence-corrected chi connectivity index (χ1v) is 7.34. The maximum atomic E-state index is 12.3. The van der Waals surface area contributed by atoms with E-state index in [4.69, 9.17) is 5.11 Å². The Morgan fingerprint density at radius 2 is 1.70 bits per heavy atom. The molecule has 0 aromatic rings. The molecule has 0 radical (unpaired) electrons. The van der Waals surface area contributed by atoms with Crippen LogP contribution in [0.4, 0.5) is 0 Å². The third kappa shape index (κ3) is 5.09. The van der Waals surface area contributed by atoms with Crippen molar-refractivity contribution in [1.29, 1.82) is 0 Å². The number of aliphatic hydroxyl groups excluding tert-OH is 1. The highest BCUT2D eigenvalue weighted by molar-refractivity contribution is 5.79. The van der Waals surface area contributed by atoms with Gasteiger partial charge in [0, 0.05) is 52.3 Å². The van der Waals surface area contributed by atoms with Gasteiger partial charge in [-0.3, -0.25) is 14.5 Å². The summed E-state index contributed by atoms with van der Waals surface area (Å²) in [4.78, 5) is 29.2. The molecule has 1 rings (SSSR count). The molecule has 0 aliphatic carbocycles. The highest BCUT2D eigenvalue weighted by Crippen LogP contribution is 2.06. The Morgan fingerprint density at radius 3 is 2.15 bits per heavy atom. The molecule has 6 nitrogen and oxygen atoms in total. The molecule has 0 spiro atoms. The summed E-state index contributed by atoms with van der Waals surface area (Å²) in [7, 11) is 0. The van der Waals surface area contributed by atoms with E-state index < -0.39 is 0 Å². The smallest absolute Gasteiger partial charge is 0.236 e. The number of hydrogen-bond donors (Lipinski definition) is 1. The Kier molecular flexibility index (Phi) is 6.95. The number of aliphatic hydroxyl groups is 1. The van der Waals surface area contributed by atoms with Crippen molar-refractivity contribution < 1.29 is 14.7 Å². The number of piperazine rings is 1. The van der Waals surface area contributed by atoms with Crippen LogP contribution in [0.3, 0.4) is 0 Å². The summed E-state index contributed by atoms with van der Waals surface area (Å²) >= 11 is 0. The molecule has 0 aromatic heterocycles. The lowest BCUT2D eigenvalue weighted by atomic mass is 10.2. The van der Waals surface area contributed by atoms with Crippen LogP contribution < -0.4 is 0 Å². The average Bonchev–Trinajstić information content (AvgIpc) is 2.42. The van der Waals surface area contributed by atoms with Crippen LogP contribution in [0.15, 0.2) is 0 Å². The van der Waals surface area contributed by atoms with Crippen molar-refractivity contribution in [3.63, 3.8) is 0 Å². The van der Waals surface area contributed by atoms with Crippen LogP contribution in [0, 0.1) is 0 Å². The summed E-state index contributed by atoms with van der Waals surface area (Å²) in [5, 5.41) is 8.90. The number of amides is 2. The fourth-order valence-electron chi connectivity index (χ4n) is 2.34. The Morgan fingerprint density at radius 1 is 1.15 bits per heavy atom. The van der Waals surface area contributed by atoms with Gasteiger partial charge in [0.25, 0.3) is 0 Å². The van der Waals surface area contributed by atoms with Gasteiger partial charge in [-0.2, -0.15) is 0 Å². The topological polar surface area (TPSA) is 64.1 Å². The molecule has 20 heavy (non-hydrogen) atoms. The molecule has 1 aliphatic heterocycles. The Hall–Kier alpha value is -1.14. The number of hydrogen-bond acceptors (Lipinski definition) is 4. The van der Waals surface area contributed by atoms with Gasteiger partial charge in [-0.25, -0.2) is 0 Å². The zero-order valence-corrected chi connectivity index (χ0v) is 12.8. The molecule has 0 aromatic carbocycles. The molecule has 1 N–H and O–H groups in total. The molecule has 1 heterocycles. The van der Waals surface area contributed by atoms with E-state index in [2.05, 4.69) is 18.7 Å². The largest absolute Gasteiger partial charge is 0.396 e. The molecule has 116 valence electrons. The van der Waals surface area contributed by atoms with Gasteiger partial charge in [0.2, 0.25) is 11.8 Å². The lowest BCUT2D eigenvalue weighted by molar-refractivity contribution is -0.139. The third-order valence-electron chi connectivity index (χ3n) is 3.75. The minimum atomic E-state index is 0.0730. The highest BCUT2D eigenvalue weighted by atomic mass is 16.3. The van der Waals surface area contributed by atoms with E-state index in [1.54, 1.807) is 11.8 Å². The lowest BCUT2D eigenvalue weighted by Gasteiger charge is -2.36. The van der Waals surface area contributed by atoms with Crippen molar-refractivity contribution in [3.8, 4) is 0 Å². The molecule has 0 unspecified atom stereocenters. The Balaban J connectivity index is 2.43. The summed E-state index contributed by atoms with van der Waals surface area (Å²) in [6, 6.07) is 0.281. The van der Waals surface area contributed by atoms with Crippen LogP contribution in [0.1, 0.15) is 27.2 Å². The van der Waals surface area contributed by atoms with Gasteiger partial charge < -0.3 is 14.9 Å². The summed E-state index contributed by atoms with van der Waals surface area (Å²) in [5.74, 6) is 0.184. The second-order valence-electron chi connectivity index (χ2n) is 5.53. The summed E-state index contributed by atoms with van der Waals surface area (Å²) < 4.78 is 0. The molecular weight excluding hydrogens is 258 g/mol. The number of rotatable bonds is 6. The molecule has 0 saturated carbocycles. The van der Waals surface area contributed by atoms with E-state index in [0.29, 0.717) is 39.1 Å². The summed E-state index contributed by atoms with van der Waals surface area (Å²) in [6.07, 6.45) is 0.684. The van der Waals surface area contributed by atoms with Crippen molar-refractivity contribution in [2.45, 2.75) is 33.2 Å². The van der Waals surface area contributed by atoms with Crippen molar-refractivity contribution in [2.75, 3.05) is 45.9 Å². The van der Waals surface area contributed by atoms with Gasteiger partial charge in [0.05, 0.1) is 6.54 Å². The van der Waals surface area contributed by atoms with E-state index in [1.807, 2.05) is 4.90 Å². The minimum absolute atomic E-state index is 0.0730. The maximum absolute atomic E-state index is 12.3. The van der Waals surface area contributed by atoms with Crippen LogP contribution in [0.5, 0.6) is 0 Å². The molecule has 1 saturated heterocycles. The van der Waals surface area contributed by atoms with Gasteiger partial charge in [0.15, 0.2) is 0 Å². The average molecular weight is 285 g/mol. The van der Waals surface area contributed by atoms with Gasteiger partial charge in [0.1, 0.15) is 0 Å². The fourth-order valence-corrected chi connectivity index (χ4v) is 2.34. The minimum Gasteiger partial charge on any atom is -0.396 e. The molecule has 1 aliphatic rings. The summed E-state index contributed by atoms with van der Waals surface area (Å²) in [6.45, 7) is 9.41. The van der Waals surface area contributed by atoms with Crippen LogP contribution in [0.25, 0.3) is 0 Å². The quantitative estimate of drug-likeness (QED) is 0.732. The van der Waals surface area contributed by atoms with Gasteiger partial charge in [-0.05, 0) is 20.3 Å². The van der Waals surface area contributed by atoms with Gasteiger partial charge >= 0.3 is 0 Å². The normalized spacial score (nSPS) is 16.1. The van der Waals surface area contributed by atoms with E-state index in [-0.39, 0.29) is 24.5 Å². The molecule has 6 heteroatoms. The standard InChI is InChI=1S/C14H27N3O3/c1-12(2)17(5-4-10-18)11-14(20)16-8-6-15(7-9-16)13(3)19/h12,18H,4-11H2,1-3H3. The van der Waals surface area contributed by atoms with Crippen LogP contribution in [0.2, 0.25) is 0 Å². The van der Waals surface area contributed by atoms with Crippen molar-refractivity contribution in [3.05, 3.63) is 0 Å². The second-order valence-corrected chi connectivity index (χ2v) is 5.53. The lowest BCUT2D eigenvalue weighted by Crippen LogP contribution is -2.52. The molecule has 0 bridgehead atoms. The van der Waals surface area contributed by atoms with Crippen LogP contribution in [-0.4, -0.2) is 83.5 Å². The molecule has 1 fully saturated rings. The maximum Gasteiger partial charge on any atom is 0.236 e. The first-order valence-electron chi connectivity index (χ1n) is 7.34. The van der Waals surface area contributed by atoms with Crippen LogP contribution >= 0.6 is 0 Å². The predicted molar refractivity (Wildman–Crippen MR) is 77.2 cm³/mol. The van der Waals surface area contributed by atoms with E-state index in [9.17, 15) is 9.59 Å². The molecular formula is C14H27N3O3. The fraction of sp³-hybridized carbons (Fsp3) is 0.857. The van der Waals surface area contributed by atoms with Crippen molar-refractivity contribution >= 4 is 11.8 Å².